The summed E-state index contributed by atoms with van der Waals surface area (Å²) in [5.41, 5.74) is 0. The van der Waals surface area contributed by atoms with Crippen molar-refractivity contribution in [3.05, 3.63) is 0 Å². The first-order valence-electron chi connectivity index (χ1n) is 2.80. The first kappa shape index (κ1) is 7.28. The van der Waals surface area contributed by atoms with Crippen LogP contribution in [0.5, 0.6) is 0 Å². The minimum absolute atomic E-state index is 1.21. The summed E-state index contributed by atoms with van der Waals surface area (Å²) in [5.74, 6) is 2.44. The lowest BCUT2D eigenvalue weighted by molar-refractivity contribution is 0.441. The van der Waals surface area contributed by atoms with Gasteiger partial charge in [-0.15, -0.1) is 0 Å². The first-order valence-corrected chi connectivity index (χ1v) is 4.77. The minimum Gasteiger partial charge on any atom is -0.302 e. The Morgan fingerprint density at radius 3 is 2.33 bits per heavy atom. The van der Waals surface area contributed by atoms with Crippen molar-refractivity contribution in [2.24, 2.45) is 5.10 Å². The average Bonchev–Trinajstić information content (AvgIpc) is 2.15. The van der Waals surface area contributed by atoms with E-state index in [2.05, 4.69) is 5.10 Å². The minimum atomic E-state index is 1.21. The second-order valence-electron chi connectivity index (χ2n) is 1.91. The average molecular weight is 162 g/mol. The van der Waals surface area contributed by atoms with Gasteiger partial charge >= 0.3 is 0 Å². The second-order valence-corrected chi connectivity index (χ2v) is 4.34. The van der Waals surface area contributed by atoms with Gasteiger partial charge in [-0.2, -0.15) is 5.10 Å². The van der Waals surface area contributed by atoms with Gasteiger partial charge in [0.2, 0.25) is 0 Å². The number of hydrogen-bond acceptors (Lipinski definition) is 4. The van der Waals surface area contributed by atoms with Crippen LogP contribution in [0.2, 0.25) is 0 Å². The van der Waals surface area contributed by atoms with E-state index in [9.17, 15) is 0 Å². The molecule has 1 saturated heterocycles. The van der Waals surface area contributed by atoms with Gasteiger partial charge in [-0.05, 0) is 0 Å². The molecule has 0 aliphatic carbocycles. The number of thioether (sulfide) groups is 2. The highest BCUT2D eigenvalue weighted by Gasteiger charge is 2.09. The Morgan fingerprint density at radius 1 is 1.33 bits per heavy atom. The lowest BCUT2D eigenvalue weighted by Crippen LogP contribution is -2.02. The Balaban J connectivity index is 2.39. The van der Waals surface area contributed by atoms with Gasteiger partial charge in [0.15, 0.2) is 0 Å². The highest BCUT2D eigenvalue weighted by molar-refractivity contribution is 8.41. The lowest BCUT2D eigenvalue weighted by atomic mass is 11.0. The molecule has 4 heteroatoms. The molecule has 52 valence electrons. The van der Waals surface area contributed by atoms with Crippen molar-refractivity contribution < 1.29 is 0 Å². The zero-order chi connectivity index (χ0) is 6.69. The van der Waals surface area contributed by atoms with Gasteiger partial charge in [0.25, 0.3) is 0 Å². The highest BCUT2D eigenvalue weighted by atomic mass is 32.2. The predicted molar refractivity (Wildman–Crippen MR) is 46.0 cm³/mol. The lowest BCUT2D eigenvalue weighted by Gasteiger charge is -2.03. The summed E-state index contributed by atoms with van der Waals surface area (Å²) in [6.07, 6.45) is 0. The molecule has 0 saturated carbocycles. The summed E-state index contributed by atoms with van der Waals surface area (Å²) in [6, 6.07) is 0. The van der Waals surface area contributed by atoms with E-state index in [4.69, 9.17) is 0 Å². The fourth-order valence-electron chi connectivity index (χ4n) is 0.521. The Labute approximate surface area is 64.1 Å². The summed E-state index contributed by atoms with van der Waals surface area (Å²) < 4.78 is 1.21. The van der Waals surface area contributed by atoms with Gasteiger partial charge in [0.1, 0.15) is 4.38 Å². The zero-order valence-corrected chi connectivity index (χ0v) is 7.26. The number of rotatable bonds is 1. The van der Waals surface area contributed by atoms with E-state index in [1.807, 2.05) is 42.6 Å². The standard InChI is InChI=1S/C5H10N2S2/c1-7(2)6-5-8-3-4-9-5/h3-4H2,1-2H3. The van der Waals surface area contributed by atoms with Gasteiger partial charge in [-0.1, -0.05) is 23.5 Å². The predicted octanol–water partition coefficient (Wildman–Crippen LogP) is 1.30. The Bertz CT molecular complexity index is 114. The van der Waals surface area contributed by atoms with Crippen LogP contribution in [0.1, 0.15) is 0 Å². The van der Waals surface area contributed by atoms with E-state index in [1.54, 1.807) is 0 Å². The molecule has 1 heterocycles. The fourth-order valence-corrected chi connectivity index (χ4v) is 2.81. The molecule has 0 aromatic heterocycles. The molecular weight excluding hydrogens is 152 g/mol. The van der Waals surface area contributed by atoms with Crippen LogP contribution in [0.3, 0.4) is 0 Å². The van der Waals surface area contributed by atoms with Crippen molar-refractivity contribution >= 4 is 27.9 Å². The molecule has 0 N–H and O–H groups in total. The quantitative estimate of drug-likeness (QED) is 0.540. The van der Waals surface area contributed by atoms with Gasteiger partial charge in [0, 0.05) is 25.6 Å². The molecule has 1 rings (SSSR count). The van der Waals surface area contributed by atoms with Crippen LogP contribution in [-0.4, -0.2) is 35.0 Å². The van der Waals surface area contributed by atoms with E-state index < -0.39 is 0 Å². The normalized spacial score (nSPS) is 18.2. The Hall–Kier alpha value is 0.170. The van der Waals surface area contributed by atoms with Crippen LogP contribution in [-0.2, 0) is 0 Å². The third-order valence-corrected chi connectivity index (χ3v) is 3.26. The van der Waals surface area contributed by atoms with E-state index >= 15 is 0 Å². The van der Waals surface area contributed by atoms with E-state index in [0.29, 0.717) is 0 Å². The van der Waals surface area contributed by atoms with Crippen molar-refractivity contribution in [2.45, 2.75) is 0 Å². The summed E-state index contributed by atoms with van der Waals surface area (Å²) >= 11 is 3.68. The van der Waals surface area contributed by atoms with E-state index in [1.165, 1.54) is 15.9 Å². The topological polar surface area (TPSA) is 15.6 Å². The van der Waals surface area contributed by atoms with Gasteiger partial charge in [-0.25, -0.2) is 0 Å². The molecule has 0 aromatic rings. The van der Waals surface area contributed by atoms with Crippen LogP contribution in [0.25, 0.3) is 0 Å². The molecule has 0 amide bonds. The number of hydrazone groups is 1. The van der Waals surface area contributed by atoms with Crippen molar-refractivity contribution in [3.63, 3.8) is 0 Å². The van der Waals surface area contributed by atoms with E-state index in [-0.39, 0.29) is 0 Å². The molecule has 1 aliphatic rings. The molecule has 0 radical (unpaired) electrons. The molecule has 9 heavy (non-hydrogen) atoms. The fraction of sp³-hybridized carbons (Fsp3) is 0.800. The smallest absolute Gasteiger partial charge is 0.150 e. The molecule has 2 nitrogen and oxygen atoms in total. The molecule has 0 atom stereocenters. The third-order valence-electron chi connectivity index (χ3n) is 0.816. The van der Waals surface area contributed by atoms with Gasteiger partial charge in [0.05, 0.1) is 0 Å². The third kappa shape index (κ3) is 2.49. The summed E-state index contributed by atoms with van der Waals surface area (Å²) in [7, 11) is 3.90. The zero-order valence-electron chi connectivity index (χ0n) is 5.63. The second kappa shape index (κ2) is 3.37. The van der Waals surface area contributed by atoms with Crippen molar-refractivity contribution in [3.8, 4) is 0 Å². The Kier molecular flexibility index (Phi) is 2.72. The molecule has 1 aliphatic heterocycles. The maximum atomic E-state index is 4.25. The SMILES string of the molecule is CN(C)N=C1SCCS1. The van der Waals surface area contributed by atoms with Crippen LogP contribution in [0.15, 0.2) is 5.10 Å². The molecule has 0 unspecified atom stereocenters. The molecule has 0 bridgehead atoms. The van der Waals surface area contributed by atoms with Crippen LogP contribution < -0.4 is 0 Å². The molecule has 1 fully saturated rings. The van der Waals surface area contributed by atoms with Crippen molar-refractivity contribution in [1.29, 1.82) is 0 Å². The van der Waals surface area contributed by atoms with Crippen LogP contribution in [0, 0.1) is 0 Å². The molecule has 0 spiro atoms. The first-order chi connectivity index (χ1) is 4.29. The Morgan fingerprint density at radius 2 is 1.89 bits per heavy atom. The van der Waals surface area contributed by atoms with E-state index in [0.717, 1.165) is 0 Å². The van der Waals surface area contributed by atoms with Gasteiger partial charge in [-0.3, -0.25) is 0 Å². The van der Waals surface area contributed by atoms with Crippen molar-refractivity contribution in [2.75, 3.05) is 25.6 Å². The summed E-state index contributed by atoms with van der Waals surface area (Å²) in [5, 5.41) is 6.10. The molecule has 0 aromatic carbocycles. The molecular formula is C5H10N2S2. The monoisotopic (exact) mass is 162 g/mol. The largest absolute Gasteiger partial charge is 0.302 e. The van der Waals surface area contributed by atoms with Crippen LogP contribution >= 0.6 is 23.5 Å². The van der Waals surface area contributed by atoms with Gasteiger partial charge < -0.3 is 5.01 Å². The summed E-state index contributed by atoms with van der Waals surface area (Å²) in [4.78, 5) is 0. The number of hydrogen-bond donors (Lipinski definition) is 0. The maximum absolute atomic E-state index is 4.25. The highest BCUT2D eigenvalue weighted by Crippen LogP contribution is 2.25. The number of nitrogens with zero attached hydrogens (tertiary/aromatic N) is 2. The van der Waals surface area contributed by atoms with Crippen LogP contribution in [0.4, 0.5) is 0 Å². The summed E-state index contributed by atoms with van der Waals surface area (Å²) in [6.45, 7) is 0. The van der Waals surface area contributed by atoms with Crippen molar-refractivity contribution in [1.82, 2.24) is 5.01 Å². The maximum Gasteiger partial charge on any atom is 0.150 e.